The number of morpholine rings is 1. The lowest BCUT2D eigenvalue weighted by molar-refractivity contribution is 0.0321. The zero-order chi connectivity index (χ0) is 19.2. The first kappa shape index (κ1) is 18.9. The maximum atomic E-state index is 13.5. The first-order chi connectivity index (χ1) is 13.8. The maximum Gasteiger partial charge on any atom is 0.125 e. The Labute approximate surface area is 164 Å². The van der Waals surface area contributed by atoms with Crippen LogP contribution in [0.1, 0.15) is 11.3 Å². The number of nitrogens with zero attached hydrogens (tertiary/aromatic N) is 4. The number of furan rings is 1. The highest BCUT2D eigenvalue weighted by Gasteiger charge is 2.15. The van der Waals surface area contributed by atoms with Gasteiger partial charge in [-0.3, -0.25) is 9.80 Å². The van der Waals surface area contributed by atoms with Gasteiger partial charge < -0.3 is 9.15 Å². The summed E-state index contributed by atoms with van der Waals surface area (Å²) in [6.07, 6.45) is 5.50. The highest BCUT2D eigenvalue weighted by molar-refractivity contribution is 5.31. The van der Waals surface area contributed by atoms with Crippen LogP contribution in [0.3, 0.4) is 0 Å². The van der Waals surface area contributed by atoms with Crippen molar-refractivity contribution in [1.82, 2.24) is 19.6 Å². The average molecular weight is 384 g/mol. The third-order valence-electron chi connectivity index (χ3n) is 4.91. The Morgan fingerprint density at radius 2 is 2.00 bits per heavy atom. The zero-order valence-corrected chi connectivity index (χ0v) is 15.8. The predicted molar refractivity (Wildman–Crippen MR) is 104 cm³/mol. The second-order valence-corrected chi connectivity index (χ2v) is 7.02. The van der Waals surface area contributed by atoms with Crippen molar-refractivity contribution in [3.63, 3.8) is 0 Å². The fourth-order valence-corrected chi connectivity index (χ4v) is 3.40. The SMILES string of the molecule is Fc1cccc(-n2cc(CN(CCN3CCOCC3)Cc3ccco3)cn2)c1. The minimum Gasteiger partial charge on any atom is -0.468 e. The molecule has 0 aliphatic carbocycles. The van der Waals surface area contributed by atoms with E-state index >= 15 is 0 Å². The molecular weight excluding hydrogens is 359 g/mol. The van der Waals surface area contributed by atoms with Crippen molar-refractivity contribution < 1.29 is 13.5 Å². The Hall–Kier alpha value is -2.48. The van der Waals surface area contributed by atoms with Crippen molar-refractivity contribution in [2.75, 3.05) is 39.4 Å². The normalized spacial score (nSPS) is 15.4. The van der Waals surface area contributed by atoms with Gasteiger partial charge in [0.25, 0.3) is 0 Å². The molecule has 3 aromatic rings. The molecular formula is C21H25FN4O2. The van der Waals surface area contributed by atoms with Crippen LogP contribution in [0.2, 0.25) is 0 Å². The molecule has 2 aromatic heterocycles. The van der Waals surface area contributed by atoms with Crippen LogP contribution in [0.5, 0.6) is 0 Å². The topological polar surface area (TPSA) is 46.7 Å². The number of rotatable bonds is 8. The van der Waals surface area contributed by atoms with E-state index in [-0.39, 0.29) is 5.82 Å². The lowest BCUT2D eigenvalue weighted by atomic mass is 10.3. The first-order valence-electron chi connectivity index (χ1n) is 9.60. The van der Waals surface area contributed by atoms with E-state index in [0.29, 0.717) is 0 Å². The molecule has 1 aromatic carbocycles. The van der Waals surface area contributed by atoms with E-state index in [0.717, 1.165) is 69.5 Å². The van der Waals surface area contributed by atoms with Crippen molar-refractivity contribution in [3.05, 3.63) is 72.2 Å². The predicted octanol–water partition coefficient (Wildman–Crippen LogP) is 2.94. The van der Waals surface area contributed by atoms with Crippen LogP contribution in [-0.4, -0.2) is 59.0 Å². The van der Waals surface area contributed by atoms with Gasteiger partial charge in [-0.05, 0) is 30.3 Å². The average Bonchev–Trinajstić information content (AvgIpc) is 3.39. The lowest BCUT2D eigenvalue weighted by Gasteiger charge is -2.29. The molecule has 7 heteroatoms. The fraction of sp³-hybridized carbons (Fsp3) is 0.381. The van der Waals surface area contributed by atoms with Gasteiger partial charge >= 0.3 is 0 Å². The van der Waals surface area contributed by atoms with Gasteiger partial charge in [-0.1, -0.05) is 6.07 Å². The summed E-state index contributed by atoms with van der Waals surface area (Å²) in [6.45, 7) is 6.96. The second-order valence-electron chi connectivity index (χ2n) is 7.02. The summed E-state index contributed by atoms with van der Waals surface area (Å²) in [5.74, 6) is 0.680. The molecule has 1 aliphatic heterocycles. The standard InChI is InChI=1S/C21H25FN4O2/c22-19-3-1-4-20(13-19)26-16-18(14-23-26)15-25(17-21-5-2-10-28-21)7-6-24-8-11-27-12-9-24/h1-5,10,13-14,16H,6-9,11-12,15,17H2. The highest BCUT2D eigenvalue weighted by atomic mass is 19.1. The van der Waals surface area contributed by atoms with Gasteiger partial charge in [0, 0.05) is 44.5 Å². The van der Waals surface area contributed by atoms with Crippen LogP contribution in [-0.2, 0) is 17.8 Å². The van der Waals surface area contributed by atoms with Gasteiger partial charge in [0.15, 0.2) is 0 Å². The summed E-state index contributed by atoms with van der Waals surface area (Å²) in [5, 5.41) is 4.40. The molecule has 4 rings (SSSR count). The van der Waals surface area contributed by atoms with Crippen molar-refractivity contribution in [2.45, 2.75) is 13.1 Å². The molecule has 0 atom stereocenters. The van der Waals surface area contributed by atoms with E-state index in [4.69, 9.17) is 9.15 Å². The van der Waals surface area contributed by atoms with E-state index < -0.39 is 0 Å². The summed E-state index contributed by atoms with van der Waals surface area (Å²) < 4.78 is 26.2. The second kappa shape index (κ2) is 9.14. The van der Waals surface area contributed by atoms with E-state index in [1.807, 2.05) is 30.6 Å². The van der Waals surface area contributed by atoms with Crippen LogP contribution in [0, 0.1) is 5.82 Å². The van der Waals surface area contributed by atoms with Gasteiger partial charge in [0.2, 0.25) is 0 Å². The van der Waals surface area contributed by atoms with Crippen molar-refractivity contribution in [1.29, 1.82) is 0 Å². The highest BCUT2D eigenvalue weighted by Crippen LogP contribution is 2.14. The van der Waals surface area contributed by atoms with Gasteiger partial charge in [0.1, 0.15) is 11.6 Å². The molecule has 0 spiro atoms. The molecule has 1 saturated heterocycles. The van der Waals surface area contributed by atoms with Crippen molar-refractivity contribution in [3.8, 4) is 5.69 Å². The molecule has 0 bridgehead atoms. The number of ether oxygens (including phenoxy) is 1. The summed E-state index contributed by atoms with van der Waals surface area (Å²) in [5.41, 5.74) is 1.80. The van der Waals surface area contributed by atoms with Crippen LogP contribution < -0.4 is 0 Å². The van der Waals surface area contributed by atoms with Crippen molar-refractivity contribution >= 4 is 0 Å². The Morgan fingerprint density at radius 1 is 1.11 bits per heavy atom. The smallest absolute Gasteiger partial charge is 0.125 e. The minimum absolute atomic E-state index is 0.264. The number of halogens is 1. The third-order valence-corrected chi connectivity index (χ3v) is 4.91. The summed E-state index contributed by atoms with van der Waals surface area (Å²) >= 11 is 0. The quantitative estimate of drug-likeness (QED) is 0.598. The Kier molecular flexibility index (Phi) is 6.16. The largest absolute Gasteiger partial charge is 0.468 e. The maximum absolute atomic E-state index is 13.5. The third kappa shape index (κ3) is 5.07. The summed E-state index contributed by atoms with van der Waals surface area (Å²) in [7, 11) is 0. The van der Waals surface area contributed by atoms with E-state index in [1.165, 1.54) is 12.1 Å². The molecule has 1 aliphatic rings. The summed E-state index contributed by atoms with van der Waals surface area (Å²) in [4.78, 5) is 4.77. The van der Waals surface area contributed by atoms with Crippen molar-refractivity contribution in [2.24, 2.45) is 0 Å². The Balaban J connectivity index is 1.42. The molecule has 148 valence electrons. The summed E-state index contributed by atoms with van der Waals surface area (Å²) in [6, 6.07) is 10.4. The minimum atomic E-state index is -0.264. The molecule has 0 unspecified atom stereocenters. The van der Waals surface area contributed by atoms with Gasteiger partial charge in [0.05, 0.1) is 37.9 Å². The molecule has 6 nitrogen and oxygen atoms in total. The molecule has 1 fully saturated rings. The van der Waals surface area contributed by atoms with Crippen LogP contribution >= 0.6 is 0 Å². The monoisotopic (exact) mass is 384 g/mol. The zero-order valence-electron chi connectivity index (χ0n) is 15.8. The van der Waals surface area contributed by atoms with Crippen LogP contribution in [0.4, 0.5) is 4.39 Å². The number of benzene rings is 1. The number of aromatic nitrogens is 2. The van der Waals surface area contributed by atoms with Crippen LogP contribution in [0.25, 0.3) is 5.69 Å². The van der Waals surface area contributed by atoms with Gasteiger partial charge in [-0.2, -0.15) is 5.10 Å². The molecule has 3 heterocycles. The van der Waals surface area contributed by atoms with Crippen LogP contribution in [0.15, 0.2) is 59.5 Å². The molecule has 0 amide bonds. The molecule has 0 N–H and O–H groups in total. The molecule has 0 saturated carbocycles. The Bertz CT molecular complexity index is 859. The van der Waals surface area contributed by atoms with E-state index in [2.05, 4.69) is 14.9 Å². The number of hydrogen-bond donors (Lipinski definition) is 0. The van der Waals surface area contributed by atoms with Gasteiger partial charge in [-0.25, -0.2) is 9.07 Å². The number of hydrogen-bond acceptors (Lipinski definition) is 5. The lowest BCUT2D eigenvalue weighted by Crippen LogP contribution is -2.41. The first-order valence-corrected chi connectivity index (χ1v) is 9.60. The fourth-order valence-electron chi connectivity index (χ4n) is 3.40. The van der Waals surface area contributed by atoms with Gasteiger partial charge in [-0.15, -0.1) is 0 Å². The van der Waals surface area contributed by atoms with E-state index in [9.17, 15) is 4.39 Å². The Morgan fingerprint density at radius 3 is 2.79 bits per heavy atom. The van der Waals surface area contributed by atoms with E-state index in [1.54, 1.807) is 17.0 Å². The molecule has 28 heavy (non-hydrogen) atoms. The molecule has 0 radical (unpaired) electrons.